The summed E-state index contributed by atoms with van der Waals surface area (Å²) in [5, 5.41) is 2.09. The van der Waals surface area contributed by atoms with Gasteiger partial charge in [0.05, 0.1) is 0 Å². The van der Waals surface area contributed by atoms with E-state index in [0.29, 0.717) is 6.04 Å². The molecule has 1 rings (SSSR count). The Morgan fingerprint density at radius 3 is 2.46 bits per heavy atom. The summed E-state index contributed by atoms with van der Waals surface area (Å²) < 4.78 is 0. The molecule has 0 aliphatic heterocycles. The lowest BCUT2D eigenvalue weighted by molar-refractivity contribution is 0.155. The van der Waals surface area contributed by atoms with Crippen LogP contribution in [0, 0.1) is 0 Å². The van der Waals surface area contributed by atoms with Crippen LogP contribution in [-0.2, 0) is 0 Å². The van der Waals surface area contributed by atoms with Crippen LogP contribution in [0.3, 0.4) is 0 Å². The van der Waals surface area contributed by atoms with Crippen molar-refractivity contribution in [1.82, 2.24) is 5.01 Å². The minimum absolute atomic E-state index is 0.686. The molecule has 0 atom stereocenters. The second-order valence-corrected chi connectivity index (χ2v) is 4.24. The second kappa shape index (κ2) is 6.39. The van der Waals surface area contributed by atoms with Crippen molar-refractivity contribution < 1.29 is 0 Å². The first-order valence-corrected chi connectivity index (χ1v) is 5.86. The van der Waals surface area contributed by atoms with Gasteiger partial charge in [0.2, 0.25) is 0 Å². The molecule has 0 aromatic heterocycles. The topological polar surface area (TPSA) is 29.3 Å². The lowest BCUT2D eigenvalue weighted by Gasteiger charge is -2.30. The van der Waals surface area contributed by atoms with Gasteiger partial charge in [-0.05, 0) is 19.3 Å². The van der Waals surface area contributed by atoms with E-state index in [2.05, 4.69) is 11.9 Å². The first kappa shape index (κ1) is 11.0. The van der Waals surface area contributed by atoms with Gasteiger partial charge in [0.1, 0.15) is 0 Å². The van der Waals surface area contributed by atoms with Crippen molar-refractivity contribution in [2.45, 2.75) is 64.3 Å². The number of hydrogen-bond donors (Lipinski definition) is 1. The number of nitrogens with two attached hydrogens (primary N) is 1. The molecule has 0 spiro atoms. The quantitative estimate of drug-likeness (QED) is 0.404. The molecule has 2 nitrogen and oxygen atoms in total. The number of nitrogens with zero attached hydrogens (tertiary/aromatic N) is 1. The Bertz CT molecular complexity index is 119. The van der Waals surface area contributed by atoms with E-state index in [-0.39, 0.29) is 0 Å². The average Bonchev–Trinajstić information content (AvgIpc) is 2.19. The van der Waals surface area contributed by atoms with Gasteiger partial charge >= 0.3 is 0 Å². The van der Waals surface area contributed by atoms with Crippen molar-refractivity contribution in [3.05, 3.63) is 0 Å². The largest absolute Gasteiger partial charge is 0.269 e. The van der Waals surface area contributed by atoms with Crippen molar-refractivity contribution in [3.63, 3.8) is 0 Å². The summed E-state index contributed by atoms with van der Waals surface area (Å²) in [6.45, 7) is 3.33. The van der Waals surface area contributed by atoms with Gasteiger partial charge in [0.25, 0.3) is 0 Å². The molecular formula is C11H24N2. The van der Waals surface area contributed by atoms with Crippen molar-refractivity contribution in [3.8, 4) is 0 Å². The summed E-state index contributed by atoms with van der Waals surface area (Å²) in [6, 6.07) is 0.686. The van der Waals surface area contributed by atoms with Crippen LogP contribution in [0.4, 0.5) is 0 Å². The molecule has 1 aliphatic rings. The maximum atomic E-state index is 6.02. The number of hydrogen-bond acceptors (Lipinski definition) is 2. The summed E-state index contributed by atoms with van der Waals surface area (Å²) in [5.74, 6) is 6.02. The van der Waals surface area contributed by atoms with Crippen LogP contribution >= 0.6 is 0 Å². The Balaban J connectivity index is 2.09. The Labute approximate surface area is 82.5 Å². The molecule has 13 heavy (non-hydrogen) atoms. The Morgan fingerprint density at radius 1 is 1.15 bits per heavy atom. The average molecular weight is 184 g/mol. The van der Waals surface area contributed by atoms with E-state index in [4.69, 9.17) is 5.84 Å². The van der Waals surface area contributed by atoms with Crippen LogP contribution in [-0.4, -0.2) is 17.6 Å². The van der Waals surface area contributed by atoms with Gasteiger partial charge in [-0.15, -0.1) is 0 Å². The van der Waals surface area contributed by atoms with E-state index in [1.807, 2.05) is 0 Å². The summed E-state index contributed by atoms with van der Waals surface area (Å²) in [6.07, 6.45) is 10.7. The summed E-state index contributed by atoms with van der Waals surface area (Å²) in [5.41, 5.74) is 0. The minimum atomic E-state index is 0.686. The fraction of sp³-hybridized carbons (Fsp3) is 1.00. The van der Waals surface area contributed by atoms with Crippen molar-refractivity contribution in [2.24, 2.45) is 5.84 Å². The van der Waals surface area contributed by atoms with Gasteiger partial charge in [0, 0.05) is 12.6 Å². The zero-order valence-corrected chi connectivity index (χ0v) is 8.97. The molecule has 78 valence electrons. The molecule has 1 saturated carbocycles. The molecule has 0 aromatic carbocycles. The van der Waals surface area contributed by atoms with E-state index in [1.54, 1.807) is 0 Å². The predicted octanol–water partition coefficient (Wildman–Crippen LogP) is 2.69. The fourth-order valence-electron chi connectivity index (χ4n) is 2.14. The Kier molecular flexibility index (Phi) is 5.40. The molecule has 0 aromatic rings. The molecule has 0 unspecified atom stereocenters. The smallest absolute Gasteiger partial charge is 0.0241 e. The second-order valence-electron chi connectivity index (χ2n) is 4.24. The molecule has 2 N–H and O–H groups in total. The highest BCUT2D eigenvalue weighted by Gasteiger charge is 2.17. The maximum Gasteiger partial charge on any atom is 0.0241 e. The zero-order valence-electron chi connectivity index (χ0n) is 8.97. The summed E-state index contributed by atoms with van der Waals surface area (Å²) >= 11 is 0. The minimum Gasteiger partial charge on any atom is -0.269 e. The predicted molar refractivity (Wildman–Crippen MR) is 57.3 cm³/mol. The van der Waals surface area contributed by atoms with Crippen LogP contribution in [0.15, 0.2) is 0 Å². The first-order valence-electron chi connectivity index (χ1n) is 5.86. The molecule has 0 radical (unpaired) electrons. The standard InChI is InChI=1S/C11H24N2/c1-2-3-7-10-13(12)11-8-5-4-6-9-11/h11H,2-10,12H2,1H3. The van der Waals surface area contributed by atoms with Gasteiger partial charge in [-0.25, -0.2) is 5.01 Å². The lowest BCUT2D eigenvalue weighted by Crippen LogP contribution is -2.42. The summed E-state index contributed by atoms with van der Waals surface area (Å²) in [4.78, 5) is 0. The third-order valence-corrected chi connectivity index (χ3v) is 3.06. The number of unbranched alkanes of at least 4 members (excludes halogenated alkanes) is 2. The van der Waals surface area contributed by atoms with Crippen LogP contribution in [0.25, 0.3) is 0 Å². The normalized spacial score (nSPS) is 19.6. The van der Waals surface area contributed by atoms with Crippen LogP contribution < -0.4 is 5.84 Å². The maximum absolute atomic E-state index is 6.02. The van der Waals surface area contributed by atoms with Gasteiger partial charge in [-0.3, -0.25) is 5.84 Å². The van der Waals surface area contributed by atoms with Gasteiger partial charge in [0.15, 0.2) is 0 Å². The third kappa shape index (κ3) is 4.10. The van der Waals surface area contributed by atoms with E-state index >= 15 is 0 Å². The number of hydrazine groups is 1. The highest BCUT2D eigenvalue weighted by atomic mass is 15.4. The molecular weight excluding hydrogens is 160 g/mol. The van der Waals surface area contributed by atoms with E-state index in [9.17, 15) is 0 Å². The number of rotatable bonds is 5. The van der Waals surface area contributed by atoms with Gasteiger partial charge in [-0.1, -0.05) is 39.0 Å². The zero-order chi connectivity index (χ0) is 9.52. The van der Waals surface area contributed by atoms with Crippen molar-refractivity contribution in [2.75, 3.05) is 6.54 Å². The molecule has 0 heterocycles. The molecule has 0 saturated heterocycles. The highest BCUT2D eigenvalue weighted by Crippen LogP contribution is 2.20. The third-order valence-electron chi connectivity index (χ3n) is 3.06. The molecule has 1 aliphatic carbocycles. The Hall–Kier alpha value is -0.0800. The summed E-state index contributed by atoms with van der Waals surface area (Å²) in [7, 11) is 0. The monoisotopic (exact) mass is 184 g/mol. The lowest BCUT2D eigenvalue weighted by atomic mass is 9.95. The van der Waals surface area contributed by atoms with Crippen LogP contribution in [0.2, 0.25) is 0 Å². The fourth-order valence-corrected chi connectivity index (χ4v) is 2.14. The molecule has 0 bridgehead atoms. The van der Waals surface area contributed by atoms with Gasteiger partial charge in [-0.2, -0.15) is 0 Å². The van der Waals surface area contributed by atoms with E-state index in [1.165, 1.54) is 51.4 Å². The van der Waals surface area contributed by atoms with Crippen molar-refractivity contribution in [1.29, 1.82) is 0 Å². The molecule has 0 amide bonds. The van der Waals surface area contributed by atoms with Crippen LogP contribution in [0.1, 0.15) is 58.3 Å². The Morgan fingerprint density at radius 2 is 1.85 bits per heavy atom. The van der Waals surface area contributed by atoms with E-state index in [0.717, 1.165) is 6.54 Å². The SMILES string of the molecule is CCCCCN(N)C1CCCCC1. The highest BCUT2D eigenvalue weighted by molar-refractivity contribution is 4.72. The van der Waals surface area contributed by atoms with Gasteiger partial charge < -0.3 is 0 Å². The van der Waals surface area contributed by atoms with Crippen LogP contribution in [0.5, 0.6) is 0 Å². The molecule has 1 fully saturated rings. The first-order chi connectivity index (χ1) is 6.34. The molecule has 2 heteroatoms. The van der Waals surface area contributed by atoms with Crippen molar-refractivity contribution >= 4 is 0 Å². The van der Waals surface area contributed by atoms with E-state index < -0.39 is 0 Å².